The van der Waals surface area contributed by atoms with Crippen molar-refractivity contribution in [1.82, 2.24) is 10.3 Å². The van der Waals surface area contributed by atoms with Gasteiger partial charge in [-0.3, -0.25) is 9.80 Å². The maximum absolute atomic E-state index is 13.2. The second-order valence-corrected chi connectivity index (χ2v) is 9.86. The standard InChI is InChI=1S/C29H31N7O7/c30-21(13-33-17-5-7-19(28(40)41)25(37)11-17)23-9-15(27(39)34-16-3-1-2-4-16)10-24(35-23)22(31)14-36(32)18-6-8-20(29(42)43)26(38)12-18/h5-14,16,33,37-38H,1-4,30-32H2,(H,34,39)(H,40,41)(H,42,43)/b21-13-,22-14-. The summed E-state index contributed by atoms with van der Waals surface area (Å²) < 4.78 is 0. The van der Waals surface area contributed by atoms with Gasteiger partial charge in [0.15, 0.2) is 0 Å². The molecule has 0 atom stereocenters. The predicted molar refractivity (Wildman–Crippen MR) is 159 cm³/mol. The summed E-state index contributed by atoms with van der Waals surface area (Å²) in [6, 6.07) is 10.6. The lowest BCUT2D eigenvalue weighted by molar-refractivity contribution is 0.0682. The Kier molecular flexibility index (Phi) is 9.01. The van der Waals surface area contributed by atoms with Gasteiger partial charge in [-0.05, 0) is 49.2 Å². The van der Waals surface area contributed by atoms with Crippen LogP contribution in [-0.2, 0) is 0 Å². The number of phenols is 2. The number of hydrazine groups is 1. The van der Waals surface area contributed by atoms with Gasteiger partial charge in [0.25, 0.3) is 5.91 Å². The molecule has 1 aliphatic rings. The van der Waals surface area contributed by atoms with Gasteiger partial charge in [0.05, 0.1) is 28.5 Å². The maximum atomic E-state index is 13.2. The Balaban J connectivity index is 1.66. The number of carboxylic acids is 2. The molecule has 12 N–H and O–H groups in total. The van der Waals surface area contributed by atoms with Crippen LogP contribution < -0.4 is 33.0 Å². The van der Waals surface area contributed by atoms with Crippen LogP contribution in [0.1, 0.15) is 68.1 Å². The zero-order valence-electron chi connectivity index (χ0n) is 22.8. The van der Waals surface area contributed by atoms with Crippen molar-refractivity contribution in [2.75, 3.05) is 10.3 Å². The van der Waals surface area contributed by atoms with Crippen molar-refractivity contribution < 1.29 is 34.8 Å². The Hall–Kier alpha value is -5.76. The summed E-state index contributed by atoms with van der Waals surface area (Å²) in [6.07, 6.45) is 6.43. The Labute approximate surface area is 245 Å². The van der Waals surface area contributed by atoms with Crippen LogP contribution in [0.2, 0.25) is 0 Å². The number of rotatable bonds is 10. The number of anilines is 2. The quantitative estimate of drug-likeness (QED) is 0.122. The number of hydrogen-bond donors (Lipinski definition) is 9. The number of amides is 1. The van der Waals surface area contributed by atoms with Gasteiger partial charge in [0, 0.05) is 41.8 Å². The van der Waals surface area contributed by atoms with E-state index in [-0.39, 0.29) is 57.1 Å². The molecule has 1 amide bonds. The highest BCUT2D eigenvalue weighted by atomic mass is 16.4. The maximum Gasteiger partial charge on any atom is 0.339 e. The van der Waals surface area contributed by atoms with Crippen LogP contribution in [0.3, 0.4) is 0 Å². The minimum Gasteiger partial charge on any atom is -0.507 e. The number of nitrogens with one attached hydrogen (secondary N) is 2. The zero-order chi connectivity index (χ0) is 31.3. The molecule has 4 rings (SSSR count). The van der Waals surface area contributed by atoms with Gasteiger partial charge < -0.3 is 42.5 Å². The van der Waals surface area contributed by atoms with Gasteiger partial charge >= 0.3 is 11.9 Å². The van der Waals surface area contributed by atoms with Crippen LogP contribution in [0.5, 0.6) is 11.5 Å². The van der Waals surface area contributed by atoms with E-state index in [2.05, 4.69) is 15.6 Å². The number of aromatic carboxylic acids is 2. The Morgan fingerprint density at radius 2 is 1.44 bits per heavy atom. The smallest absolute Gasteiger partial charge is 0.339 e. The van der Waals surface area contributed by atoms with E-state index in [0.717, 1.165) is 36.8 Å². The molecule has 14 heteroatoms. The fraction of sp³-hybridized carbons (Fsp3) is 0.172. The van der Waals surface area contributed by atoms with Crippen LogP contribution in [0.15, 0.2) is 60.9 Å². The number of carboxylic acid groups (broad SMARTS) is 2. The molecule has 0 saturated heterocycles. The highest BCUT2D eigenvalue weighted by molar-refractivity contribution is 5.96. The predicted octanol–water partition coefficient (Wildman–Crippen LogP) is 2.57. The van der Waals surface area contributed by atoms with Crippen LogP contribution in [-0.4, -0.2) is 49.3 Å². The number of hydrogen-bond acceptors (Lipinski definition) is 11. The molecule has 1 fully saturated rings. The average molecular weight is 590 g/mol. The summed E-state index contributed by atoms with van der Waals surface area (Å²) in [6.45, 7) is 0. The second-order valence-electron chi connectivity index (χ2n) is 9.86. The minimum absolute atomic E-state index is 0.0241. The van der Waals surface area contributed by atoms with Crippen LogP contribution in [0, 0.1) is 0 Å². The van der Waals surface area contributed by atoms with E-state index >= 15 is 0 Å². The largest absolute Gasteiger partial charge is 0.507 e. The van der Waals surface area contributed by atoms with E-state index in [1.165, 1.54) is 54.9 Å². The van der Waals surface area contributed by atoms with Crippen molar-refractivity contribution in [2.24, 2.45) is 17.3 Å². The van der Waals surface area contributed by atoms with Gasteiger partial charge in [-0.25, -0.2) is 20.4 Å². The normalized spacial score (nSPS) is 13.9. The van der Waals surface area contributed by atoms with Crippen molar-refractivity contribution >= 4 is 40.6 Å². The van der Waals surface area contributed by atoms with Crippen LogP contribution in [0.25, 0.3) is 11.4 Å². The number of nitrogens with two attached hydrogens (primary N) is 3. The fourth-order valence-corrected chi connectivity index (χ4v) is 4.49. The summed E-state index contributed by atoms with van der Waals surface area (Å²) in [7, 11) is 0. The molecule has 1 aliphatic carbocycles. The van der Waals surface area contributed by atoms with Crippen molar-refractivity contribution in [3.05, 3.63) is 89.0 Å². The minimum atomic E-state index is -1.30. The molecule has 0 aliphatic heterocycles. The molecule has 3 aromatic rings. The molecule has 0 spiro atoms. The van der Waals surface area contributed by atoms with Gasteiger partial charge in [0.2, 0.25) is 0 Å². The summed E-state index contributed by atoms with van der Waals surface area (Å²) >= 11 is 0. The highest BCUT2D eigenvalue weighted by Gasteiger charge is 2.20. The van der Waals surface area contributed by atoms with Crippen LogP contribution in [0.4, 0.5) is 11.4 Å². The molecular formula is C29H31N7O7. The zero-order valence-corrected chi connectivity index (χ0v) is 22.8. The Bertz CT molecular complexity index is 1630. The lowest BCUT2D eigenvalue weighted by atomic mass is 10.1. The first-order valence-electron chi connectivity index (χ1n) is 13.1. The number of benzene rings is 2. The lowest BCUT2D eigenvalue weighted by Gasteiger charge is -2.17. The number of aromatic nitrogens is 1. The molecule has 1 aromatic heterocycles. The molecule has 2 aromatic carbocycles. The second kappa shape index (κ2) is 12.8. The third-order valence-electron chi connectivity index (χ3n) is 6.78. The first-order valence-corrected chi connectivity index (χ1v) is 13.1. The third kappa shape index (κ3) is 7.31. The Morgan fingerprint density at radius 1 is 0.860 bits per heavy atom. The average Bonchev–Trinajstić information content (AvgIpc) is 3.48. The van der Waals surface area contributed by atoms with E-state index in [0.29, 0.717) is 5.69 Å². The third-order valence-corrected chi connectivity index (χ3v) is 6.78. The molecule has 1 saturated carbocycles. The SMILES string of the molecule is N/C(=C\Nc1ccc(C(=O)O)c(O)c1)c1cc(C(=O)NC2CCCC2)cc(/C(N)=C/N(N)c2ccc(C(=O)O)c(O)c2)n1. The monoisotopic (exact) mass is 589 g/mol. The van der Waals surface area contributed by atoms with E-state index in [1.807, 2.05) is 0 Å². The lowest BCUT2D eigenvalue weighted by Crippen LogP contribution is -2.33. The molecule has 0 bridgehead atoms. The highest BCUT2D eigenvalue weighted by Crippen LogP contribution is 2.26. The summed E-state index contributed by atoms with van der Waals surface area (Å²) in [5.41, 5.74) is 13.3. The van der Waals surface area contributed by atoms with Crippen molar-refractivity contribution in [2.45, 2.75) is 31.7 Å². The van der Waals surface area contributed by atoms with Gasteiger partial charge in [-0.2, -0.15) is 0 Å². The van der Waals surface area contributed by atoms with E-state index < -0.39 is 23.4 Å². The van der Waals surface area contributed by atoms with E-state index in [4.69, 9.17) is 27.5 Å². The van der Waals surface area contributed by atoms with Crippen molar-refractivity contribution in [3.63, 3.8) is 0 Å². The van der Waals surface area contributed by atoms with Gasteiger partial charge in [-0.15, -0.1) is 0 Å². The summed E-state index contributed by atoms with van der Waals surface area (Å²) in [5, 5.41) is 45.1. The van der Waals surface area contributed by atoms with Crippen LogP contribution >= 0.6 is 0 Å². The summed E-state index contributed by atoms with van der Waals surface area (Å²) in [5.74, 6) is 2.23. The van der Waals surface area contributed by atoms with Gasteiger partial charge in [0.1, 0.15) is 22.6 Å². The molecule has 0 unspecified atom stereocenters. The molecule has 0 radical (unpaired) electrons. The molecule has 43 heavy (non-hydrogen) atoms. The van der Waals surface area contributed by atoms with E-state index in [9.17, 15) is 24.6 Å². The number of aromatic hydroxyl groups is 2. The van der Waals surface area contributed by atoms with Gasteiger partial charge in [-0.1, -0.05) is 12.8 Å². The van der Waals surface area contributed by atoms with Crippen molar-refractivity contribution in [3.8, 4) is 11.5 Å². The topological polar surface area (TPSA) is 250 Å². The number of nitrogens with zero attached hydrogens (tertiary/aromatic N) is 2. The molecule has 1 heterocycles. The number of carbonyl (C=O) groups is 3. The molecular weight excluding hydrogens is 558 g/mol. The van der Waals surface area contributed by atoms with Crippen molar-refractivity contribution in [1.29, 1.82) is 0 Å². The van der Waals surface area contributed by atoms with E-state index in [1.54, 1.807) is 0 Å². The number of pyridine rings is 1. The molecule has 224 valence electrons. The summed E-state index contributed by atoms with van der Waals surface area (Å²) in [4.78, 5) is 40.0. The fourth-order valence-electron chi connectivity index (χ4n) is 4.49. The first-order chi connectivity index (χ1) is 20.4. The Morgan fingerprint density at radius 3 is 2.02 bits per heavy atom. The molecule has 14 nitrogen and oxygen atoms in total. The first kappa shape index (κ1) is 30.2. The number of carbonyl (C=O) groups excluding carboxylic acids is 1.